The van der Waals surface area contributed by atoms with Crippen molar-refractivity contribution < 1.29 is 14.2 Å². The molecule has 0 unspecified atom stereocenters. The fourth-order valence-corrected chi connectivity index (χ4v) is 1.93. The quantitative estimate of drug-likeness (QED) is 0.822. The van der Waals surface area contributed by atoms with Crippen LogP contribution < -0.4 is 15.2 Å². The summed E-state index contributed by atoms with van der Waals surface area (Å²) >= 11 is 0. The van der Waals surface area contributed by atoms with Gasteiger partial charge in [0.15, 0.2) is 0 Å². The Morgan fingerprint density at radius 2 is 1.85 bits per heavy atom. The molecule has 2 aromatic rings. The second kappa shape index (κ2) is 6.82. The summed E-state index contributed by atoms with van der Waals surface area (Å²) in [6, 6.07) is 13.4. The Morgan fingerprint density at radius 3 is 2.60 bits per heavy atom. The van der Waals surface area contributed by atoms with Crippen LogP contribution in [0.1, 0.15) is 11.1 Å². The molecule has 0 amide bonds. The van der Waals surface area contributed by atoms with Crippen molar-refractivity contribution in [3.05, 3.63) is 53.6 Å². The molecule has 0 aliphatic rings. The standard InChI is InChI=1S/C16H19NO3/c1-18-10-12-4-3-5-15(8-12)20-11-13-6-7-14(17)9-16(13)19-2/h3-9H,10-11,17H2,1-2H3. The predicted molar refractivity (Wildman–Crippen MR) is 78.9 cm³/mol. The molecule has 0 aliphatic heterocycles. The molecule has 4 nitrogen and oxygen atoms in total. The summed E-state index contributed by atoms with van der Waals surface area (Å²) in [6.07, 6.45) is 0. The molecule has 20 heavy (non-hydrogen) atoms. The Kier molecular flexibility index (Phi) is 4.85. The van der Waals surface area contributed by atoms with E-state index >= 15 is 0 Å². The molecule has 4 heteroatoms. The SMILES string of the molecule is COCc1cccc(OCc2ccc(N)cc2OC)c1. The van der Waals surface area contributed by atoms with Crippen LogP contribution in [-0.4, -0.2) is 14.2 Å². The molecule has 0 saturated heterocycles. The van der Waals surface area contributed by atoms with Crippen LogP contribution in [0.3, 0.4) is 0 Å². The first kappa shape index (κ1) is 14.2. The van der Waals surface area contributed by atoms with E-state index in [0.29, 0.717) is 18.9 Å². The Bertz CT molecular complexity index is 569. The minimum atomic E-state index is 0.430. The zero-order valence-electron chi connectivity index (χ0n) is 11.8. The second-order valence-electron chi connectivity index (χ2n) is 4.44. The van der Waals surface area contributed by atoms with Crippen molar-refractivity contribution in [1.29, 1.82) is 0 Å². The Balaban J connectivity index is 2.06. The van der Waals surface area contributed by atoms with Gasteiger partial charge < -0.3 is 19.9 Å². The van der Waals surface area contributed by atoms with E-state index in [1.165, 1.54) is 0 Å². The highest BCUT2D eigenvalue weighted by molar-refractivity contribution is 5.48. The topological polar surface area (TPSA) is 53.7 Å². The average Bonchev–Trinajstić information content (AvgIpc) is 2.46. The number of ether oxygens (including phenoxy) is 3. The number of hydrogen-bond donors (Lipinski definition) is 1. The fourth-order valence-electron chi connectivity index (χ4n) is 1.93. The molecule has 0 atom stereocenters. The van der Waals surface area contributed by atoms with Crippen LogP contribution in [0.4, 0.5) is 5.69 Å². The summed E-state index contributed by atoms with van der Waals surface area (Å²) in [5.41, 5.74) is 8.44. The number of nitrogen functional groups attached to an aromatic ring is 1. The zero-order valence-corrected chi connectivity index (χ0v) is 11.8. The molecule has 0 spiro atoms. The molecule has 0 bridgehead atoms. The Labute approximate surface area is 119 Å². The normalized spacial score (nSPS) is 10.3. The molecule has 2 aromatic carbocycles. The minimum absolute atomic E-state index is 0.430. The van der Waals surface area contributed by atoms with Gasteiger partial charge >= 0.3 is 0 Å². The third-order valence-electron chi connectivity index (χ3n) is 2.91. The lowest BCUT2D eigenvalue weighted by atomic mass is 10.2. The highest BCUT2D eigenvalue weighted by Gasteiger charge is 2.05. The average molecular weight is 273 g/mol. The maximum atomic E-state index is 5.79. The summed E-state index contributed by atoms with van der Waals surface area (Å²) in [5, 5.41) is 0. The molecular formula is C16H19NO3. The molecule has 0 saturated carbocycles. The maximum absolute atomic E-state index is 5.79. The number of methoxy groups -OCH3 is 2. The number of benzene rings is 2. The van der Waals surface area contributed by atoms with Crippen LogP contribution in [0, 0.1) is 0 Å². The van der Waals surface area contributed by atoms with Gasteiger partial charge in [0.25, 0.3) is 0 Å². The number of hydrogen-bond acceptors (Lipinski definition) is 4. The molecule has 2 N–H and O–H groups in total. The smallest absolute Gasteiger partial charge is 0.127 e. The van der Waals surface area contributed by atoms with Crippen LogP contribution in [0.2, 0.25) is 0 Å². The molecule has 0 heterocycles. The van der Waals surface area contributed by atoms with Crippen molar-refractivity contribution in [3.8, 4) is 11.5 Å². The number of rotatable bonds is 6. The van der Waals surface area contributed by atoms with Gasteiger partial charge in [0.1, 0.15) is 18.1 Å². The van der Waals surface area contributed by atoms with Crippen molar-refractivity contribution in [3.63, 3.8) is 0 Å². The first-order valence-corrected chi connectivity index (χ1v) is 6.36. The first-order valence-electron chi connectivity index (χ1n) is 6.36. The van der Waals surface area contributed by atoms with E-state index in [0.717, 1.165) is 22.6 Å². The largest absolute Gasteiger partial charge is 0.496 e. The lowest BCUT2D eigenvalue weighted by molar-refractivity contribution is 0.184. The van der Waals surface area contributed by atoms with Crippen molar-refractivity contribution in [2.75, 3.05) is 20.0 Å². The summed E-state index contributed by atoms with van der Waals surface area (Å²) in [4.78, 5) is 0. The van der Waals surface area contributed by atoms with E-state index in [4.69, 9.17) is 19.9 Å². The van der Waals surface area contributed by atoms with Crippen molar-refractivity contribution in [2.24, 2.45) is 0 Å². The van der Waals surface area contributed by atoms with Gasteiger partial charge in [0, 0.05) is 24.4 Å². The molecule has 0 aliphatic carbocycles. The molecule has 2 rings (SSSR count). The molecule has 0 radical (unpaired) electrons. The summed E-state index contributed by atoms with van der Waals surface area (Å²) in [5.74, 6) is 1.54. The predicted octanol–water partition coefficient (Wildman–Crippen LogP) is 3.00. The van der Waals surface area contributed by atoms with Crippen molar-refractivity contribution in [2.45, 2.75) is 13.2 Å². The summed E-state index contributed by atoms with van der Waals surface area (Å²) in [7, 11) is 3.30. The lowest BCUT2D eigenvalue weighted by Gasteiger charge is -2.11. The van der Waals surface area contributed by atoms with Crippen LogP contribution in [0.5, 0.6) is 11.5 Å². The Morgan fingerprint density at radius 1 is 1.00 bits per heavy atom. The molecule has 106 valence electrons. The van der Waals surface area contributed by atoms with Gasteiger partial charge in [-0.25, -0.2) is 0 Å². The van der Waals surface area contributed by atoms with E-state index in [9.17, 15) is 0 Å². The van der Waals surface area contributed by atoms with Crippen molar-refractivity contribution in [1.82, 2.24) is 0 Å². The minimum Gasteiger partial charge on any atom is -0.496 e. The molecular weight excluding hydrogens is 254 g/mol. The van der Waals surface area contributed by atoms with E-state index in [2.05, 4.69) is 0 Å². The van der Waals surface area contributed by atoms with Gasteiger partial charge in [-0.05, 0) is 29.8 Å². The maximum Gasteiger partial charge on any atom is 0.127 e. The Hall–Kier alpha value is -2.20. The van der Waals surface area contributed by atoms with Gasteiger partial charge in [-0.3, -0.25) is 0 Å². The van der Waals surface area contributed by atoms with Crippen LogP contribution >= 0.6 is 0 Å². The third-order valence-corrected chi connectivity index (χ3v) is 2.91. The first-order chi connectivity index (χ1) is 9.72. The van der Waals surface area contributed by atoms with Gasteiger partial charge in [0.2, 0.25) is 0 Å². The molecule has 0 fully saturated rings. The second-order valence-corrected chi connectivity index (χ2v) is 4.44. The van der Waals surface area contributed by atoms with Crippen LogP contribution in [-0.2, 0) is 18.0 Å². The zero-order chi connectivity index (χ0) is 14.4. The van der Waals surface area contributed by atoms with Gasteiger partial charge in [-0.2, -0.15) is 0 Å². The molecule has 0 aromatic heterocycles. The lowest BCUT2D eigenvalue weighted by Crippen LogP contribution is -2.00. The summed E-state index contributed by atoms with van der Waals surface area (Å²) in [6.45, 7) is 1.00. The van der Waals surface area contributed by atoms with Crippen LogP contribution in [0.25, 0.3) is 0 Å². The van der Waals surface area contributed by atoms with E-state index in [-0.39, 0.29) is 0 Å². The monoisotopic (exact) mass is 273 g/mol. The van der Waals surface area contributed by atoms with Gasteiger partial charge in [-0.1, -0.05) is 12.1 Å². The van der Waals surface area contributed by atoms with E-state index < -0.39 is 0 Å². The van der Waals surface area contributed by atoms with E-state index in [1.54, 1.807) is 20.3 Å². The van der Waals surface area contributed by atoms with Gasteiger partial charge in [0.05, 0.1) is 13.7 Å². The fraction of sp³-hybridized carbons (Fsp3) is 0.250. The highest BCUT2D eigenvalue weighted by atomic mass is 16.5. The highest BCUT2D eigenvalue weighted by Crippen LogP contribution is 2.23. The summed E-state index contributed by atoms with van der Waals surface area (Å²) < 4.78 is 16.2. The van der Waals surface area contributed by atoms with Crippen molar-refractivity contribution >= 4 is 5.69 Å². The van der Waals surface area contributed by atoms with E-state index in [1.807, 2.05) is 36.4 Å². The third kappa shape index (κ3) is 3.65. The van der Waals surface area contributed by atoms with Crippen LogP contribution in [0.15, 0.2) is 42.5 Å². The number of nitrogens with two attached hydrogens (primary N) is 1. The van der Waals surface area contributed by atoms with Gasteiger partial charge in [-0.15, -0.1) is 0 Å². The number of anilines is 1.